The van der Waals surface area contributed by atoms with Crippen molar-refractivity contribution in [2.75, 3.05) is 5.43 Å². The van der Waals surface area contributed by atoms with Gasteiger partial charge in [-0.15, -0.1) is 5.10 Å². The average molecular weight is 299 g/mol. The topological polar surface area (TPSA) is 105 Å². The van der Waals surface area contributed by atoms with Gasteiger partial charge in [0.1, 0.15) is 16.7 Å². The standard InChI is InChI=1S/C13H13N7S/c1-8-15-13(20-19-8)21-11-7-10(18-14)16-12(17-11)9-5-3-2-4-6-9/h2-7H,14H2,1H3,(H,15,19,20)(H,16,17,18). The minimum Gasteiger partial charge on any atom is -0.308 e. The average Bonchev–Trinajstić information content (AvgIpc) is 2.93. The molecule has 0 aliphatic rings. The monoisotopic (exact) mass is 299 g/mol. The van der Waals surface area contributed by atoms with Gasteiger partial charge in [0, 0.05) is 11.6 Å². The van der Waals surface area contributed by atoms with Crippen LogP contribution in [0.5, 0.6) is 0 Å². The first-order valence-electron chi connectivity index (χ1n) is 6.22. The lowest BCUT2D eigenvalue weighted by atomic mass is 10.2. The van der Waals surface area contributed by atoms with Gasteiger partial charge in [-0.2, -0.15) is 0 Å². The number of nitrogens with two attached hydrogens (primary N) is 1. The van der Waals surface area contributed by atoms with E-state index >= 15 is 0 Å². The van der Waals surface area contributed by atoms with Crippen LogP contribution in [0.25, 0.3) is 11.4 Å². The van der Waals surface area contributed by atoms with Gasteiger partial charge >= 0.3 is 0 Å². The van der Waals surface area contributed by atoms with E-state index in [2.05, 4.69) is 30.6 Å². The number of benzene rings is 1. The maximum absolute atomic E-state index is 5.48. The van der Waals surface area contributed by atoms with E-state index in [1.165, 1.54) is 11.8 Å². The number of anilines is 1. The van der Waals surface area contributed by atoms with E-state index in [0.29, 0.717) is 16.8 Å². The van der Waals surface area contributed by atoms with Gasteiger partial charge in [-0.25, -0.2) is 20.8 Å². The molecule has 2 heterocycles. The molecule has 7 nitrogen and oxygen atoms in total. The van der Waals surface area contributed by atoms with Crippen molar-refractivity contribution >= 4 is 17.6 Å². The Balaban J connectivity index is 1.97. The lowest BCUT2D eigenvalue weighted by Gasteiger charge is -2.06. The molecule has 4 N–H and O–H groups in total. The number of rotatable bonds is 4. The minimum atomic E-state index is 0.540. The molecule has 0 fully saturated rings. The molecule has 0 unspecified atom stereocenters. The SMILES string of the molecule is Cc1nc(Sc2cc(NN)nc(-c3ccccc3)n2)n[nH]1. The van der Waals surface area contributed by atoms with Crippen molar-refractivity contribution in [3.8, 4) is 11.4 Å². The lowest BCUT2D eigenvalue weighted by molar-refractivity contribution is 0.961. The van der Waals surface area contributed by atoms with Crippen LogP contribution in [-0.4, -0.2) is 25.1 Å². The van der Waals surface area contributed by atoms with E-state index in [0.717, 1.165) is 16.4 Å². The van der Waals surface area contributed by atoms with E-state index in [1.807, 2.05) is 37.3 Å². The van der Waals surface area contributed by atoms with Gasteiger partial charge in [0.15, 0.2) is 5.82 Å². The van der Waals surface area contributed by atoms with Gasteiger partial charge in [-0.1, -0.05) is 30.3 Å². The van der Waals surface area contributed by atoms with E-state index < -0.39 is 0 Å². The summed E-state index contributed by atoms with van der Waals surface area (Å²) < 4.78 is 0. The molecule has 0 aliphatic heterocycles. The fraction of sp³-hybridized carbons (Fsp3) is 0.0769. The quantitative estimate of drug-likeness (QED) is 0.384. The Morgan fingerprint density at radius 1 is 1.14 bits per heavy atom. The van der Waals surface area contributed by atoms with Crippen LogP contribution in [0.3, 0.4) is 0 Å². The molecular weight excluding hydrogens is 286 g/mol. The molecule has 0 atom stereocenters. The summed E-state index contributed by atoms with van der Waals surface area (Å²) in [6.07, 6.45) is 0. The van der Waals surface area contributed by atoms with Gasteiger partial charge in [0.2, 0.25) is 5.16 Å². The zero-order valence-corrected chi connectivity index (χ0v) is 12.1. The van der Waals surface area contributed by atoms with Crippen LogP contribution in [0.15, 0.2) is 46.6 Å². The van der Waals surface area contributed by atoms with Crippen LogP contribution in [-0.2, 0) is 0 Å². The van der Waals surface area contributed by atoms with Gasteiger partial charge in [0.05, 0.1) is 0 Å². The van der Waals surface area contributed by atoms with Gasteiger partial charge in [-0.3, -0.25) is 5.10 Å². The fourth-order valence-electron chi connectivity index (χ4n) is 1.73. The number of nitrogens with one attached hydrogen (secondary N) is 2. The predicted octanol–water partition coefficient (Wildman–Crippen LogP) is 2.01. The number of hydrazine groups is 1. The Hall–Kier alpha value is -2.45. The summed E-state index contributed by atoms with van der Waals surface area (Å²) in [5, 5.41) is 8.20. The largest absolute Gasteiger partial charge is 0.308 e. The number of hydrogen-bond donors (Lipinski definition) is 3. The van der Waals surface area contributed by atoms with Gasteiger partial charge < -0.3 is 5.43 Å². The molecule has 0 saturated heterocycles. The number of nitrogens with zero attached hydrogens (tertiary/aromatic N) is 4. The number of aromatic amines is 1. The van der Waals surface area contributed by atoms with Crippen LogP contribution in [0.1, 0.15) is 5.82 Å². The zero-order chi connectivity index (χ0) is 14.7. The third-order valence-corrected chi connectivity index (χ3v) is 3.44. The third kappa shape index (κ3) is 3.18. The highest BCUT2D eigenvalue weighted by molar-refractivity contribution is 7.99. The maximum atomic E-state index is 5.48. The summed E-state index contributed by atoms with van der Waals surface area (Å²) in [5.74, 6) is 7.37. The molecule has 0 spiro atoms. The number of nitrogen functional groups attached to an aromatic ring is 1. The Labute approximate surface area is 125 Å². The van der Waals surface area contributed by atoms with E-state index in [4.69, 9.17) is 5.84 Å². The molecule has 3 aromatic rings. The first kappa shape index (κ1) is 13.5. The first-order valence-corrected chi connectivity index (χ1v) is 7.04. The predicted molar refractivity (Wildman–Crippen MR) is 80.5 cm³/mol. The Morgan fingerprint density at radius 2 is 1.95 bits per heavy atom. The summed E-state index contributed by atoms with van der Waals surface area (Å²) >= 11 is 1.35. The van der Waals surface area contributed by atoms with Crippen LogP contribution in [0.4, 0.5) is 5.82 Å². The van der Waals surface area contributed by atoms with Crippen molar-refractivity contribution in [2.45, 2.75) is 17.1 Å². The van der Waals surface area contributed by atoms with Crippen LogP contribution < -0.4 is 11.3 Å². The number of aryl methyl sites for hydroxylation is 1. The molecule has 2 aromatic heterocycles. The molecule has 0 radical (unpaired) electrons. The molecule has 0 saturated carbocycles. The normalized spacial score (nSPS) is 10.6. The molecule has 0 aliphatic carbocycles. The van der Waals surface area contributed by atoms with Crippen molar-refractivity contribution in [3.05, 3.63) is 42.2 Å². The fourth-order valence-corrected chi connectivity index (χ4v) is 2.49. The molecule has 3 rings (SSSR count). The van der Waals surface area contributed by atoms with E-state index in [-0.39, 0.29) is 0 Å². The number of hydrogen-bond acceptors (Lipinski definition) is 7. The van der Waals surface area contributed by atoms with Gasteiger partial charge in [0.25, 0.3) is 0 Å². The molecule has 106 valence electrons. The number of H-pyrrole nitrogens is 1. The van der Waals surface area contributed by atoms with E-state index in [1.54, 1.807) is 6.07 Å². The molecular formula is C13H13N7S. The van der Waals surface area contributed by atoms with Crippen LogP contribution in [0, 0.1) is 6.92 Å². The maximum Gasteiger partial charge on any atom is 0.214 e. The van der Waals surface area contributed by atoms with Crippen LogP contribution >= 0.6 is 11.8 Å². The second kappa shape index (κ2) is 5.90. The first-order chi connectivity index (χ1) is 10.2. The summed E-state index contributed by atoms with van der Waals surface area (Å²) in [6.45, 7) is 1.85. The third-order valence-electron chi connectivity index (χ3n) is 2.66. The highest BCUT2D eigenvalue weighted by Crippen LogP contribution is 2.27. The van der Waals surface area contributed by atoms with E-state index in [9.17, 15) is 0 Å². The summed E-state index contributed by atoms with van der Waals surface area (Å²) in [6, 6.07) is 11.5. The Bertz CT molecular complexity index is 741. The second-order valence-corrected chi connectivity index (χ2v) is 5.22. The summed E-state index contributed by atoms with van der Waals surface area (Å²) in [5.41, 5.74) is 3.47. The second-order valence-electron chi connectivity index (χ2n) is 4.23. The molecule has 8 heteroatoms. The lowest BCUT2D eigenvalue weighted by Crippen LogP contribution is -2.09. The van der Waals surface area contributed by atoms with Crippen molar-refractivity contribution in [1.82, 2.24) is 25.1 Å². The molecule has 0 amide bonds. The minimum absolute atomic E-state index is 0.540. The highest BCUT2D eigenvalue weighted by Gasteiger charge is 2.10. The zero-order valence-electron chi connectivity index (χ0n) is 11.2. The smallest absolute Gasteiger partial charge is 0.214 e. The highest BCUT2D eigenvalue weighted by atomic mass is 32.2. The molecule has 0 bridgehead atoms. The Morgan fingerprint density at radius 3 is 2.62 bits per heavy atom. The summed E-state index contributed by atoms with van der Waals surface area (Å²) in [4.78, 5) is 13.1. The van der Waals surface area contributed by atoms with Crippen molar-refractivity contribution < 1.29 is 0 Å². The van der Waals surface area contributed by atoms with Crippen molar-refractivity contribution in [2.24, 2.45) is 5.84 Å². The van der Waals surface area contributed by atoms with Gasteiger partial charge in [-0.05, 0) is 18.7 Å². The Kier molecular flexibility index (Phi) is 3.80. The van der Waals surface area contributed by atoms with Crippen molar-refractivity contribution in [1.29, 1.82) is 0 Å². The number of aromatic nitrogens is 5. The summed E-state index contributed by atoms with van der Waals surface area (Å²) in [7, 11) is 0. The molecule has 1 aromatic carbocycles. The van der Waals surface area contributed by atoms with Crippen molar-refractivity contribution in [3.63, 3.8) is 0 Å². The molecule has 21 heavy (non-hydrogen) atoms. The van der Waals surface area contributed by atoms with Crippen LogP contribution in [0.2, 0.25) is 0 Å².